The standard InChI is InChI=1S/C23H24N2O2/c1-16-3-5-17(6-4-16)18-7-8-19-15-22(27-12-11-26-2)21(14-20(19)13-18)23-24-9-10-25-23/h3-8,13-15H,9-12H2,1-2H3,(H,24,25). The highest BCUT2D eigenvalue weighted by Gasteiger charge is 2.15. The minimum atomic E-state index is 0.518. The predicted molar refractivity (Wildman–Crippen MR) is 111 cm³/mol. The molecule has 1 N–H and O–H groups in total. The molecule has 3 aromatic carbocycles. The lowest BCUT2D eigenvalue weighted by Gasteiger charge is -2.14. The van der Waals surface area contributed by atoms with Crippen molar-refractivity contribution in [2.24, 2.45) is 4.99 Å². The summed E-state index contributed by atoms with van der Waals surface area (Å²) in [6.07, 6.45) is 0. The number of benzene rings is 3. The number of hydrogen-bond acceptors (Lipinski definition) is 4. The van der Waals surface area contributed by atoms with Gasteiger partial charge >= 0.3 is 0 Å². The first kappa shape index (κ1) is 17.6. The van der Waals surface area contributed by atoms with Gasteiger partial charge in [-0.25, -0.2) is 0 Å². The van der Waals surface area contributed by atoms with Crippen molar-refractivity contribution in [1.82, 2.24) is 5.32 Å². The Bertz CT molecular complexity index is 978. The summed E-state index contributed by atoms with van der Waals surface area (Å²) in [5.74, 6) is 1.75. The summed E-state index contributed by atoms with van der Waals surface area (Å²) in [6, 6.07) is 19.5. The summed E-state index contributed by atoms with van der Waals surface area (Å²) in [4.78, 5) is 4.59. The first-order valence-corrected chi connectivity index (χ1v) is 9.30. The number of nitrogens with one attached hydrogen (secondary N) is 1. The van der Waals surface area contributed by atoms with Gasteiger partial charge in [-0.1, -0.05) is 42.0 Å². The fraction of sp³-hybridized carbons (Fsp3) is 0.261. The Hall–Kier alpha value is -2.85. The molecule has 0 bridgehead atoms. The minimum absolute atomic E-state index is 0.518. The van der Waals surface area contributed by atoms with Crippen molar-refractivity contribution in [3.05, 3.63) is 65.7 Å². The van der Waals surface area contributed by atoms with Crippen molar-refractivity contribution < 1.29 is 9.47 Å². The fourth-order valence-corrected chi connectivity index (χ4v) is 3.32. The van der Waals surface area contributed by atoms with Crippen LogP contribution < -0.4 is 10.1 Å². The smallest absolute Gasteiger partial charge is 0.132 e. The van der Waals surface area contributed by atoms with E-state index in [1.54, 1.807) is 7.11 Å². The second-order valence-corrected chi connectivity index (χ2v) is 6.77. The van der Waals surface area contributed by atoms with Gasteiger partial charge < -0.3 is 14.8 Å². The summed E-state index contributed by atoms with van der Waals surface area (Å²) in [5, 5.41) is 5.69. The topological polar surface area (TPSA) is 42.9 Å². The zero-order valence-electron chi connectivity index (χ0n) is 15.8. The molecular formula is C23H24N2O2. The largest absolute Gasteiger partial charge is 0.490 e. The zero-order valence-corrected chi connectivity index (χ0v) is 15.8. The Labute approximate surface area is 159 Å². The molecular weight excluding hydrogens is 336 g/mol. The number of amidine groups is 1. The van der Waals surface area contributed by atoms with Crippen molar-refractivity contribution in [1.29, 1.82) is 0 Å². The second kappa shape index (κ2) is 7.80. The molecule has 1 aliphatic rings. The Balaban J connectivity index is 1.76. The summed E-state index contributed by atoms with van der Waals surface area (Å²) >= 11 is 0. The molecule has 0 saturated carbocycles. The first-order valence-electron chi connectivity index (χ1n) is 9.30. The number of aryl methyl sites for hydroxylation is 1. The van der Waals surface area contributed by atoms with Crippen LogP contribution in [0.15, 0.2) is 59.6 Å². The average Bonchev–Trinajstić information content (AvgIpc) is 3.22. The SMILES string of the molecule is COCCOc1cc2ccc(-c3ccc(C)cc3)cc2cc1C1=NCCN1. The summed E-state index contributed by atoms with van der Waals surface area (Å²) in [5.41, 5.74) is 4.71. The van der Waals surface area contributed by atoms with Crippen molar-refractivity contribution >= 4 is 16.6 Å². The van der Waals surface area contributed by atoms with Crippen molar-refractivity contribution in [3.8, 4) is 16.9 Å². The van der Waals surface area contributed by atoms with Gasteiger partial charge in [-0.05, 0) is 47.0 Å². The predicted octanol–water partition coefficient (Wildman–Crippen LogP) is 4.19. The Morgan fingerprint density at radius 3 is 2.48 bits per heavy atom. The van der Waals surface area contributed by atoms with Gasteiger partial charge in [0.05, 0.1) is 18.7 Å². The zero-order chi connectivity index (χ0) is 18.6. The van der Waals surface area contributed by atoms with E-state index in [4.69, 9.17) is 9.47 Å². The molecule has 0 spiro atoms. The number of aliphatic imine (C=N–C) groups is 1. The van der Waals surface area contributed by atoms with Crippen LogP contribution in [0.3, 0.4) is 0 Å². The number of ether oxygens (including phenoxy) is 2. The van der Waals surface area contributed by atoms with Crippen molar-refractivity contribution in [3.63, 3.8) is 0 Å². The van der Waals surface area contributed by atoms with E-state index in [0.29, 0.717) is 13.2 Å². The molecule has 0 saturated heterocycles. The number of fused-ring (bicyclic) bond motifs is 1. The first-order chi connectivity index (χ1) is 13.2. The molecule has 0 aliphatic carbocycles. The van der Waals surface area contributed by atoms with Crippen LogP contribution in [0.4, 0.5) is 0 Å². The molecule has 1 heterocycles. The molecule has 4 heteroatoms. The lowest BCUT2D eigenvalue weighted by atomic mass is 9.98. The molecule has 3 aromatic rings. The minimum Gasteiger partial charge on any atom is -0.490 e. The third kappa shape index (κ3) is 3.81. The summed E-state index contributed by atoms with van der Waals surface area (Å²) < 4.78 is 11.1. The van der Waals surface area contributed by atoms with Crippen LogP contribution >= 0.6 is 0 Å². The maximum absolute atomic E-state index is 5.98. The van der Waals surface area contributed by atoms with Crippen LogP contribution in [0.25, 0.3) is 21.9 Å². The van der Waals surface area contributed by atoms with E-state index in [-0.39, 0.29) is 0 Å². The highest BCUT2D eigenvalue weighted by molar-refractivity contribution is 6.06. The molecule has 4 rings (SSSR count). The van der Waals surface area contributed by atoms with E-state index < -0.39 is 0 Å². The van der Waals surface area contributed by atoms with Gasteiger partial charge in [0.25, 0.3) is 0 Å². The van der Waals surface area contributed by atoms with E-state index >= 15 is 0 Å². The van der Waals surface area contributed by atoms with Crippen LogP contribution in [0.2, 0.25) is 0 Å². The molecule has 0 amide bonds. The lowest BCUT2D eigenvalue weighted by molar-refractivity contribution is 0.146. The van der Waals surface area contributed by atoms with Gasteiger partial charge in [-0.2, -0.15) is 0 Å². The molecule has 27 heavy (non-hydrogen) atoms. The van der Waals surface area contributed by atoms with Crippen LogP contribution in [-0.4, -0.2) is 39.2 Å². The van der Waals surface area contributed by atoms with Gasteiger partial charge in [-0.3, -0.25) is 4.99 Å². The molecule has 0 aromatic heterocycles. The Kier molecular flexibility index (Phi) is 5.07. The number of methoxy groups -OCH3 is 1. The van der Waals surface area contributed by atoms with Gasteiger partial charge in [0.1, 0.15) is 18.2 Å². The average molecular weight is 360 g/mol. The van der Waals surface area contributed by atoms with Gasteiger partial charge in [-0.15, -0.1) is 0 Å². The lowest BCUT2D eigenvalue weighted by Crippen LogP contribution is -2.20. The summed E-state index contributed by atoms with van der Waals surface area (Å²) in [7, 11) is 1.68. The molecule has 0 atom stereocenters. The molecule has 1 aliphatic heterocycles. The van der Waals surface area contributed by atoms with E-state index in [2.05, 4.69) is 71.8 Å². The maximum atomic E-state index is 5.98. The van der Waals surface area contributed by atoms with E-state index in [1.807, 2.05) is 0 Å². The Morgan fingerprint density at radius 1 is 0.926 bits per heavy atom. The molecule has 0 unspecified atom stereocenters. The van der Waals surface area contributed by atoms with E-state index in [0.717, 1.165) is 35.6 Å². The van der Waals surface area contributed by atoms with Gasteiger partial charge in [0, 0.05) is 13.7 Å². The van der Waals surface area contributed by atoms with Gasteiger partial charge in [0.2, 0.25) is 0 Å². The van der Waals surface area contributed by atoms with Crippen LogP contribution in [0, 0.1) is 6.92 Å². The van der Waals surface area contributed by atoms with Crippen LogP contribution in [0.1, 0.15) is 11.1 Å². The molecule has 0 radical (unpaired) electrons. The number of nitrogens with zero attached hydrogens (tertiary/aromatic N) is 1. The monoisotopic (exact) mass is 360 g/mol. The summed E-state index contributed by atoms with van der Waals surface area (Å²) in [6.45, 7) is 4.85. The van der Waals surface area contributed by atoms with Crippen LogP contribution in [0.5, 0.6) is 5.75 Å². The third-order valence-electron chi connectivity index (χ3n) is 4.80. The highest BCUT2D eigenvalue weighted by Crippen LogP contribution is 2.30. The van der Waals surface area contributed by atoms with Crippen LogP contribution in [-0.2, 0) is 4.74 Å². The Morgan fingerprint density at radius 2 is 1.74 bits per heavy atom. The molecule has 138 valence electrons. The highest BCUT2D eigenvalue weighted by atomic mass is 16.5. The molecule has 4 nitrogen and oxygen atoms in total. The second-order valence-electron chi connectivity index (χ2n) is 6.77. The third-order valence-corrected chi connectivity index (χ3v) is 4.80. The van der Waals surface area contributed by atoms with E-state index in [9.17, 15) is 0 Å². The van der Waals surface area contributed by atoms with E-state index in [1.165, 1.54) is 22.1 Å². The maximum Gasteiger partial charge on any atom is 0.132 e. The van der Waals surface area contributed by atoms with Crippen molar-refractivity contribution in [2.45, 2.75) is 6.92 Å². The quantitative estimate of drug-likeness (QED) is 0.670. The number of rotatable bonds is 6. The van der Waals surface area contributed by atoms with Crippen molar-refractivity contribution in [2.75, 3.05) is 33.4 Å². The number of hydrogen-bond donors (Lipinski definition) is 1. The normalized spacial score (nSPS) is 13.5. The fourth-order valence-electron chi connectivity index (χ4n) is 3.32. The molecule has 0 fully saturated rings. The van der Waals surface area contributed by atoms with Gasteiger partial charge in [0.15, 0.2) is 0 Å².